The van der Waals surface area contributed by atoms with Crippen LogP contribution in [0, 0.1) is 0 Å². The summed E-state index contributed by atoms with van der Waals surface area (Å²) in [4.78, 5) is 10.9. The van der Waals surface area contributed by atoms with Gasteiger partial charge in [-0.2, -0.15) is 0 Å². The van der Waals surface area contributed by atoms with Gasteiger partial charge in [-0.15, -0.1) is 0 Å². The van der Waals surface area contributed by atoms with E-state index in [9.17, 15) is 4.79 Å². The number of morpholine rings is 1. The highest BCUT2D eigenvalue weighted by atomic mass is 16.5. The van der Waals surface area contributed by atoms with Gasteiger partial charge in [-0.25, -0.2) is 0 Å². The maximum atomic E-state index is 10.9. The Morgan fingerprint density at radius 2 is 2.19 bits per heavy atom. The van der Waals surface area contributed by atoms with Crippen molar-refractivity contribution in [2.75, 3.05) is 19.8 Å². The molecule has 1 aromatic carbocycles. The summed E-state index contributed by atoms with van der Waals surface area (Å²) in [6, 6.07) is 7.76. The van der Waals surface area contributed by atoms with E-state index in [0.717, 1.165) is 11.3 Å². The van der Waals surface area contributed by atoms with Crippen molar-refractivity contribution in [3.8, 4) is 5.75 Å². The minimum absolute atomic E-state index is 0.0478. The van der Waals surface area contributed by atoms with Gasteiger partial charge >= 0.3 is 0 Å². The zero-order valence-corrected chi connectivity index (χ0v) is 9.23. The lowest BCUT2D eigenvalue weighted by Crippen LogP contribution is -2.38. The molecule has 0 bridgehead atoms. The highest BCUT2D eigenvalue weighted by molar-refractivity contribution is 5.77. The van der Waals surface area contributed by atoms with E-state index in [1.807, 2.05) is 31.2 Å². The molecule has 0 spiro atoms. The molecule has 1 saturated heterocycles. The van der Waals surface area contributed by atoms with Crippen molar-refractivity contribution in [2.24, 2.45) is 0 Å². The van der Waals surface area contributed by atoms with Gasteiger partial charge in [0.1, 0.15) is 18.5 Å². The molecule has 0 aromatic heterocycles. The maximum Gasteiger partial charge on any atom is 0.246 e. The molecule has 1 heterocycles. The highest BCUT2D eigenvalue weighted by Gasteiger charge is 2.19. The molecule has 0 aliphatic carbocycles. The fourth-order valence-corrected chi connectivity index (χ4v) is 1.65. The Labute approximate surface area is 94.6 Å². The summed E-state index contributed by atoms with van der Waals surface area (Å²) in [6.07, 6.45) is -0.0478. The van der Waals surface area contributed by atoms with E-state index in [2.05, 4.69) is 5.32 Å². The fourth-order valence-electron chi connectivity index (χ4n) is 1.65. The zero-order valence-electron chi connectivity index (χ0n) is 9.23. The summed E-state index contributed by atoms with van der Waals surface area (Å²) in [7, 11) is 0. The normalized spacial score (nSPS) is 20.3. The lowest BCUT2D eigenvalue weighted by atomic mass is 10.1. The van der Waals surface area contributed by atoms with E-state index in [1.165, 1.54) is 0 Å². The minimum Gasteiger partial charge on any atom is -0.494 e. The Balaban J connectivity index is 2.01. The van der Waals surface area contributed by atoms with Crippen LogP contribution in [-0.4, -0.2) is 25.7 Å². The van der Waals surface area contributed by atoms with Crippen LogP contribution in [0.3, 0.4) is 0 Å². The van der Waals surface area contributed by atoms with Crippen LogP contribution >= 0.6 is 0 Å². The summed E-state index contributed by atoms with van der Waals surface area (Å²) in [5.41, 5.74) is 1.06. The van der Waals surface area contributed by atoms with Crippen molar-refractivity contribution < 1.29 is 14.3 Å². The van der Waals surface area contributed by atoms with Crippen LogP contribution in [0.5, 0.6) is 5.75 Å². The average Bonchev–Trinajstić information content (AvgIpc) is 2.32. The Morgan fingerprint density at radius 3 is 2.75 bits per heavy atom. The topological polar surface area (TPSA) is 47.6 Å². The second-order valence-corrected chi connectivity index (χ2v) is 3.61. The van der Waals surface area contributed by atoms with Gasteiger partial charge in [-0.1, -0.05) is 12.1 Å². The van der Waals surface area contributed by atoms with Gasteiger partial charge in [0.2, 0.25) is 5.91 Å². The van der Waals surface area contributed by atoms with Gasteiger partial charge in [-0.3, -0.25) is 4.79 Å². The average molecular weight is 221 g/mol. The predicted molar refractivity (Wildman–Crippen MR) is 59.3 cm³/mol. The molecule has 1 N–H and O–H groups in total. The summed E-state index contributed by atoms with van der Waals surface area (Å²) < 4.78 is 10.8. The van der Waals surface area contributed by atoms with E-state index in [-0.39, 0.29) is 18.6 Å². The Hall–Kier alpha value is -1.55. The third kappa shape index (κ3) is 2.52. The lowest BCUT2D eigenvalue weighted by molar-refractivity contribution is -0.133. The summed E-state index contributed by atoms with van der Waals surface area (Å²) in [5.74, 6) is 0.799. The van der Waals surface area contributed by atoms with Crippen LogP contribution in [0.25, 0.3) is 0 Å². The van der Waals surface area contributed by atoms with E-state index >= 15 is 0 Å². The monoisotopic (exact) mass is 221 g/mol. The van der Waals surface area contributed by atoms with Crippen molar-refractivity contribution >= 4 is 5.91 Å². The van der Waals surface area contributed by atoms with E-state index in [0.29, 0.717) is 13.2 Å². The molecular formula is C12H15NO3. The standard InChI is InChI=1S/C12H15NO3/c1-2-15-10-5-3-9(4-6-10)11-7-13-12(14)8-16-11/h3-6,11H,2,7-8H2,1H3,(H,13,14)/t11-/m1/s1. The molecule has 16 heavy (non-hydrogen) atoms. The van der Waals surface area contributed by atoms with Crippen LogP contribution in [0.2, 0.25) is 0 Å². The molecule has 0 saturated carbocycles. The van der Waals surface area contributed by atoms with Gasteiger partial charge in [-0.05, 0) is 24.6 Å². The number of nitrogens with one attached hydrogen (secondary N) is 1. The second-order valence-electron chi connectivity index (χ2n) is 3.61. The third-order valence-corrected chi connectivity index (χ3v) is 2.46. The Bertz CT molecular complexity index is 351. The molecule has 1 aromatic rings. The SMILES string of the molecule is CCOc1ccc([C@H]2CNC(=O)CO2)cc1. The number of carbonyl (C=O) groups excluding carboxylic acids is 1. The first kappa shape index (κ1) is 11.0. The molecule has 4 nitrogen and oxygen atoms in total. The molecule has 1 atom stereocenters. The second kappa shape index (κ2) is 4.99. The van der Waals surface area contributed by atoms with E-state index in [4.69, 9.17) is 9.47 Å². The summed E-state index contributed by atoms with van der Waals surface area (Å²) >= 11 is 0. The van der Waals surface area contributed by atoms with Crippen molar-refractivity contribution in [3.05, 3.63) is 29.8 Å². The minimum atomic E-state index is -0.0535. The Morgan fingerprint density at radius 1 is 1.44 bits per heavy atom. The van der Waals surface area contributed by atoms with Gasteiger partial charge in [0.25, 0.3) is 0 Å². The Kier molecular flexibility index (Phi) is 3.41. The third-order valence-electron chi connectivity index (χ3n) is 2.46. The number of hydrogen-bond donors (Lipinski definition) is 1. The van der Waals surface area contributed by atoms with Crippen LogP contribution in [0.4, 0.5) is 0 Å². The highest BCUT2D eigenvalue weighted by Crippen LogP contribution is 2.21. The van der Waals surface area contributed by atoms with Crippen LogP contribution < -0.4 is 10.1 Å². The van der Waals surface area contributed by atoms with Gasteiger partial charge in [0, 0.05) is 6.54 Å². The van der Waals surface area contributed by atoms with Crippen molar-refractivity contribution in [1.82, 2.24) is 5.32 Å². The van der Waals surface area contributed by atoms with Gasteiger partial charge < -0.3 is 14.8 Å². The molecule has 4 heteroatoms. The van der Waals surface area contributed by atoms with Gasteiger partial charge in [0.15, 0.2) is 0 Å². The first-order valence-corrected chi connectivity index (χ1v) is 5.40. The van der Waals surface area contributed by atoms with Gasteiger partial charge in [0.05, 0.1) is 6.61 Å². The quantitative estimate of drug-likeness (QED) is 0.836. The molecule has 1 amide bonds. The molecule has 0 radical (unpaired) electrons. The van der Waals surface area contributed by atoms with Crippen LogP contribution in [-0.2, 0) is 9.53 Å². The summed E-state index contributed by atoms with van der Waals surface area (Å²) in [6.45, 7) is 3.29. The molecule has 86 valence electrons. The van der Waals surface area contributed by atoms with Crippen LogP contribution in [0.15, 0.2) is 24.3 Å². The van der Waals surface area contributed by atoms with Crippen molar-refractivity contribution in [2.45, 2.75) is 13.0 Å². The molecule has 1 aliphatic rings. The van der Waals surface area contributed by atoms with E-state index < -0.39 is 0 Å². The smallest absolute Gasteiger partial charge is 0.246 e. The summed E-state index contributed by atoms with van der Waals surface area (Å²) in [5, 5.41) is 2.78. The molecule has 2 rings (SSSR count). The molecule has 0 unspecified atom stereocenters. The molecular weight excluding hydrogens is 206 g/mol. The largest absolute Gasteiger partial charge is 0.494 e. The number of carbonyl (C=O) groups is 1. The zero-order chi connectivity index (χ0) is 11.4. The number of benzene rings is 1. The number of ether oxygens (including phenoxy) is 2. The van der Waals surface area contributed by atoms with Crippen molar-refractivity contribution in [3.63, 3.8) is 0 Å². The number of rotatable bonds is 3. The lowest BCUT2D eigenvalue weighted by Gasteiger charge is -2.23. The first-order chi connectivity index (χ1) is 7.79. The van der Waals surface area contributed by atoms with E-state index in [1.54, 1.807) is 0 Å². The first-order valence-electron chi connectivity index (χ1n) is 5.40. The predicted octanol–water partition coefficient (Wildman–Crippen LogP) is 1.27. The maximum absolute atomic E-state index is 10.9. The van der Waals surface area contributed by atoms with Crippen LogP contribution in [0.1, 0.15) is 18.6 Å². The number of amides is 1. The van der Waals surface area contributed by atoms with Crippen molar-refractivity contribution in [1.29, 1.82) is 0 Å². The number of hydrogen-bond acceptors (Lipinski definition) is 3. The molecule has 1 fully saturated rings. The molecule has 1 aliphatic heterocycles. The fraction of sp³-hybridized carbons (Fsp3) is 0.417.